The second kappa shape index (κ2) is 8.87. The standard InChI is InChI=1S/C15H23NO5S/c1-3-4-10-13(15(17)18)16-22(19,20)11-14(21-2)12-8-6-5-7-9-12/h5-9,13-14,16H,3-4,10-11H2,1-2H3,(H,17,18)/t13-,14?/m0/s1. The summed E-state index contributed by atoms with van der Waals surface area (Å²) in [6.45, 7) is 1.92. The molecular formula is C15H23NO5S. The number of ether oxygens (including phenoxy) is 1. The Labute approximate surface area is 131 Å². The number of hydrogen-bond acceptors (Lipinski definition) is 4. The van der Waals surface area contributed by atoms with Crippen molar-refractivity contribution < 1.29 is 23.1 Å². The molecule has 22 heavy (non-hydrogen) atoms. The van der Waals surface area contributed by atoms with E-state index in [2.05, 4.69) is 4.72 Å². The van der Waals surface area contributed by atoms with Crippen LogP contribution in [0.1, 0.15) is 37.9 Å². The highest BCUT2D eigenvalue weighted by Crippen LogP contribution is 2.18. The highest BCUT2D eigenvalue weighted by Gasteiger charge is 2.26. The quantitative estimate of drug-likeness (QED) is 0.684. The van der Waals surface area contributed by atoms with Gasteiger partial charge < -0.3 is 9.84 Å². The number of carbonyl (C=O) groups is 1. The first-order valence-electron chi connectivity index (χ1n) is 7.20. The summed E-state index contributed by atoms with van der Waals surface area (Å²) < 4.78 is 31.9. The lowest BCUT2D eigenvalue weighted by atomic mass is 10.1. The lowest BCUT2D eigenvalue weighted by molar-refractivity contribution is -0.139. The molecule has 0 radical (unpaired) electrons. The molecule has 0 saturated heterocycles. The van der Waals surface area contributed by atoms with Gasteiger partial charge in [-0.1, -0.05) is 50.1 Å². The van der Waals surface area contributed by atoms with Gasteiger partial charge in [-0.3, -0.25) is 4.79 Å². The number of unbranched alkanes of at least 4 members (excludes halogenated alkanes) is 1. The number of rotatable bonds is 10. The minimum Gasteiger partial charge on any atom is -0.480 e. The zero-order valence-corrected chi connectivity index (χ0v) is 13.7. The Kier molecular flexibility index (Phi) is 7.50. The van der Waals surface area contributed by atoms with Crippen molar-refractivity contribution in [2.75, 3.05) is 12.9 Å². The van der Waals surface area contributed by atoms with E-state index in [0.717, 1.165) is 12.0 Å². The van der Waals surface area contributed by atoms with E-state index in [0.29, 0.717) is 6.42 Å². The monoisotopic (exact) mass is 329 g/mol. The lowest BCUT2D eigenvalue weighted by Gasteiger charge is -2.19. The minimum absolute atomic E-state index is 0.272. The van der Waals surface area contributed by atoms with Gasteiger partial charge in [-0.2, -0.15) is 0 Å². The average Bonchev–Trinajstić information content (AvgIpc) is 2.49. The number of hydrogen-bond donors (Lipinski definition) is 2. The minimum atomic E-state index is -3.77. The molecule has 1 aromatic carbocycles. The van der Waals surface area contributed by atoms with Crippen LogP contribution >= 0.6 is 0 Å². The first-order chi connectivity index (χ1) is 10.4. The van der Waals surface area contributed by atoms with Gasteiger partial charge in [-0.05, 0) is 12.0 Å². The molecule has 1 rings (SSSR count). The van der Waals surface area contributed by atoms with Crippen molar-refractivity contribution in [2.45, 2.75) is 38.3 Å². The summed E-state index contributed by atoms with van der Waals surface area (Å²) in [6, 6.07) is 7.86. The highest BCUT2D eigenvalue weighted by atomic mass is 32.2. The Balaban J connectivity index is 2.78. The van der Waals surface area contributed by atoms with Gasteiger partial charge in [0.05, 0.1) is 11.9 Å². The van der Waals surface area contributed by atoms with Crippen LogP contribution in [0.15, 0.2) is 30.3 Å². The SMILES string of the molecule is CCCC[C@H](NS(=O)(=O)CC(OC)c1ccccc1)C(=O)O. The molecule has 1 aromatic rings. The van der Waals surface area contributed by atoms with Crippen molar-refractivity contribution in [3.63, 3.8) is 0 Å². The first-order valence-corrected chi connectivity index (χ1v) is 8.85. The van der Waals surface area contributed by atoms with Gasteiger partial charge in [0, 0.05) is 7.11 Å². The van der Waals surface area contributed by atoms with Crippen LogP contribution in [0.4, 0.5) is 0 Å². The second-order valence-electron chi connectivity index (χ2n) is 5.07. The Morgan fingerprint density at radius 1 is 1.32 bits per heavy atom. The maximum atomic E-state index is 12.2. The van der Waals surface area contributed by atoms with Crippen molar-refractivity contribution >= 4 is 16.0 Å². The van der Waals surface area contributed by atoms with Gasteiger partial charge in [-0.15, -0.1) is 0 Å². The molecule has 124 valence electrons. The Hall–Kier alpha value is -1.44. The van der Waals surface area contributed by atoms with E-state index in [1.807, 2.05) is 13.0 Å². The molecule has 0 heterocycles. The van der Waals surface area contributed by atoms with E-state index >= 15 is 0 Å². The number of methoxy groups -OCH3 is 1. The van der Waals surface area contributed by atoms with Crippen LogP contribution in [-0.4, -0.2) is 38.4 Å². The van der Waals surface area contributed by atoms with Crippen LogP contribution in [0.5, 0.6) is 0 Å². The van der Waals surface area contributed by atoms with Gasteiger partial charge in [0.2, 0.25) is 10.0 Å². The zero-order chi connectivity index (χ0) is 16.6. The third kappa shape index (κ3) is 6.13. The zero-order valence-electron chi connectivity index (χ0n) is 12.9. The van der Waals surface area contributed by atoms with Crippen LogP contribution in [0, 0.1) is 0 Å². The van der Waals surface area contributed by atoms with E-state index in [-0.39, 0.29) is 12.2 Å². The lowest BCUT2D eigenvalue weighted by Crippen LogP contribution is -2.42. The summed E-state index contributed by atoms with van der Waals surface area (Å²) in [5, 5.41) is 9.11. The summed E-state index contributed by atoms with van der Waals surface area (Å²) in [5.74, 6) is -1.48. The van der Waals surface area contributed by atoms with Crippen LogP contribution in [0.2, 0.25) is 0 Å². The number of nitrogens with one attached hydrogen (secondary N) is 1. The molecule has 0 amide bonds. The summed E-state index contributed by atoms with van der Waals surface area (Å²) in [7, 11) is -2.34. The van der Waals surface area contributed by atoms with E-state index in [4.69, 9.17) is 9.84 Å². The van der Waals surface area contributed by atoms with Crippen molar-refractivity contribution in [3.05, 3.63) is 35.9 Å². The number of benzene rings is 1. The van der Waals surface area contributed by atoms with Gasteiger partial charge in [0.25, 0.3) is 0 Å². The van der Waals surface area contributed by atoms with Crippen LogP contribution < -0.4 is 4.72 Å². The fraction of sp³-hybridized carbons (Fsp3) is 0.533. The highest BCUT2D eigenvalue weighted by molar-refractivity contribution is 7.89. The van der Waals surface area contributed by atoms with Gasteiger partial charge in [0.1, 0.15) is 6.04 Å². The Bertz CT molecular complexity index is 559. The first kappa shape index (κ1) is 18.6. The molecule has 1 unspecified atom stereocenters. The number of carboxylic acid groups (broad SMARTS) is 1. The smallest absolute Gasteiger partial charge is 0.321 e. The molecular weight excluding hydrogens is 306 g/mol. The fourth-order valence-corrected chi connectivity index (χ4v) is 3.55. The summed E-state index contributed by atoms with van der Waals surface area (Å²) in [5.41, 5.74) is 0.732. The Morgan fingerprint density at radius 2 is 1.95 bits per heavy atom. The molecule has 6 nitrogen and oxygen atoms in total. The van der Waals surface area contributed by atoms with E-state index in [1.165, 1.54) is 7.11 Å². The van der Waals surface area contributed by atoms with Crippen molar-refractivity contribution in [1.82, 2.24) is 4.72 Å². The van der Waals surface area contributed by atoms with Gasteiger partial charge in [0.15, 0.2) is 0 Å². The third-order valence-electron chi connectivity index (χ3n) is 3.29. The molecule has 0 fully saturated rings. The molecule has 0 saturated carbocycles. The molecule has 7 heteroatoms. The summed E-state index contributed by atoms with van der Waals surface area (Å²) in [6.07, 6.45) is 1.08. The summed E-state index contributed by atoms with van der Waals surface area (Å²) >= 11 is 0. The molecule has 0 aromatic heterocycles. The van der Waals surface area contributed by atoms with Gasteiger partial charge in [-0.25, -0.2) is 13.1 Å². The van der Waals surface area contributed by atoms with E-state index in [1.54, 1.807) is 24.3 Å². The molecule has 0 aliphatic rings. The maximum Gasteiger partial charge on any atom is 0.321 e. The third-order valence-corrected chi connectivity index (χ3v) is 4.68. The number of sulfonamides is 1. The molecule has 2 atom stereocenters. The molecule has 0 bridgehead atoms. The molecule has 0 aliphatic heterocycles. The van der Waals surface area contributed by atoms with Crippen molar-refractivity contribution in [3.8, 4) is 0 Å². The average molecular weight is 329 g/mol. The number of aliphatic carboxylic acids is 1. The predicted molar refractivity (Wildman–Crippen MR) is 84.1 cm³/mol. The largest absolute Gasteiger partial charge is 0.480 e. The Morgan fingerprint density at radius 3 is 2.45 bits per heavy atom. The second-order valence-corrected chi connectivity index (χ2v) is 6.87. The van der Waals surface area contributed by atoms with Gasteiger partial charge >= 0.3 is 5.97 Å². The van der Waals surface area contributed by atoms with Crippen molar-refractivity contribution in [2.24, 2.45) is 0 Å². The van der Waals surface area contributed by atoms with E-state index < -0.39 is 28.1 Å². The number of carboxylic acids is 1. The normalized spacial score (nSPS) is 14.5. The van der Waals surface area contributed by atoms with E-state index in [9.17, 15) is 13.2 Å². The maximum absolute atomic E-state index is 12.2. The van der Waals surface area contributed by atoms with Crippen LogP contribution in [0.25, 0.3) is 0 Å². The van der Waals surface area contributed by atoms with Crippen molar-refractivity contribution in [1.29, 1.82) is 0 Å². The fourth-order valence-electron chi connectivity index (χ4n) is 2.07. The summed E-state index contributed by atoms with van der Waals surface area (Å²) in [4.78, 5) is 11.2. The molecule has 0 aliphatic carbocycles. The van der Waals surface area contributed by atoms with Crippen LogP contribution in [0.3, 0.4) is 0 Å². The molecule has 0 spiro atoms. The van der Waals surface area contributed by atoms with Crippen LogP contribution in [-0.2, 0) is 19.6 Å². The topological polar surface area (TPSA) is 92.7 Å². The molecule has 2 N–H and O–H groups in total. The predicted octanol–water partition coefficient (Wildman–Crippen LogP) is 1.94.